The predicted octanol–water partition coefficient (Wildman–Crippen LogP) is 4.49. The van der Waals surface area contributed by atoms with Crippen molar-refractivity contribution in [3.05, 3.63) is 66.9 Å². The smallest absolute Gasteiger partial charge is 0.407 e. The third-order valence-corrected chi connectivity index (χ3v) is 12.1. The highest BCUT2D eigenvalue weighted by Gasteiger charge is 2.62. The molecule has 3 fully saturated rings. The summed E-state index contributed by atoms with van der Waals surface area (Å²) in [5.41, 5.74) is 0.298. The summed E-state index contributed by atoms with van der Waals surface area (Å²) in [6.07, 6.45) is 10.00. The molecule has 2 aliphatic heterocycles. The molecule has 1 aromatic heterocycles. The lowest BCUT2D eigenvalue weighted by Crippen LogP contribution is -2.60. The first kappa shape index (κ1) is 38.0. The van der Waals surface area contributed by atoms with Crippen LogP contribution in [-0.2, 0) is 29.1 Å². The molecule has 284 valence electrons. The molecule has 14 heteroatoms. The lowest BCUT2D eigenvalue weighted by atomic mass is 9.85. The molecule has 6 rings (SSSR count). The van der Waals surface area contributed by atoms with Gasteiger partial charge in [-0.25, -0.2) is 18.2 Å². The summed E-state index contributed by atoms with van der Waals surface area (Å²) in [6, 6.07) is 9.56. The highest BCUT2D eigenvalue weighted by Crippen LogP contribution is 2.45. The van der Waals surface area contributed by atoms with Crippen LogP contribution in [0.1, 0.15) is 77.7 Å². The van der Waals surface area contributed by atoms with Crippen molar-refractivity contribution < 1.29 is 37.1 Å². The quantitative estimate of drug-likeness (QED) is 0.345. The van der Waals surface area contributed by atoms with E-state index < -0.39 is 74.1 Å². The predicted molar refractivity (Wildman–Crippen MR) is 199 cm³/mol. The van der Waals surface area contributed by atoms with E-state index in [-0.39, 0.29) is 26.0 Å². The molecule has 3 heterocycles. The standard InChI is InChI=1S/C39H49N5O8S/c1-5-26-23-39(26,36(47)43-53(49,50)28-17-18-28)42-33(45)31-22-27-24-44(31)35(46)32(38(2,3)4)41-37(48)51-21-13-8-6-7-12-16-30-29(19-20-40-34(30)52-27)25-14-10-9-11-15-25/h5,9-12,14-16,19-20,26-28,31-32H,1,6-8,13,17-18,21-24H2,2-4H3,(H,41,48)(H,42,45)(H,43,47)/b16-12+/t26-,27-,31+,32-,39-/m1/s1. The zero-order chi connectivity index (χ0) is 38.0. The number of fused-ring (bicyclic) bond motifs is 3. The molecule has 5 atom stereocenters. The number of rotatable bonds is 7. The summed E-state index contributed by atoms with van der Waals surface area (Å²) in [7, 11) is -3.89. The van der Waals surface area contributed by atoms with Crippen molar-refractivity contribution in [1.82, 2.24) is 25.2 Å². The van der Waals surface area contributed by atoms with Gasteiger partial charge in [-0.2, -0.15) is 0 Å². The van der Waals surface area contributed by atoms with Gasteiger partial charge in [-0.15, -0.1) is 6.58 Å². The second-order valence-corrected chi connectivity index (χ2v) is 17.4. The van der Waals surface area contributed by atoms with Crippen LogP contribution in [0.25, 0.3) is 17.2 Å². The third kappa shape index (κ3) is 8.58. The number of aromatic nitrogens is 1. The monoisotopic (exact) mass is 747 g/mol. The molecular formula is C39H49N5O8S. The van der Waals surface area contributed by atoms with Crippen LogP contribution in [0.5, 0.6) is 5.88 Å². The minimum absolute atomic E-state index is 0.0270. The van der Waals surface area contributed by atoms with Crippen molar-refractivity contribution in [3.63, 3.8) is 0 Å². The number of cyclic esters (lactones) is 1. The number of benzene rings is 1. The Morgan fingerprint density at radius 2 is 1.85 bits per heavy atom. The van der Waals surface area contributed by atoms with E-state index >= 15 is 0 Å². The van der Waals surface area contributed by atoms with Crippen LogP contribution in [0.4, 0.5) is 4.79 Å². The molecule has 0 spiro atoms. The summed E-state index contributed by atoms with van der Waals surface area (Å²) >= 11 is 0. The van der Waals surface area contributed by atoms with Crippen LogP contribution in [-0.4, -0.2) is 84.2 Å². The van der Waals surface area contributed by atoms with Gasteiger partial charge in [0, 0.05) is 24.1 Å². The van der Waals surface area contributed by atoms with Gasteiger partial charge in [0.1, 0.15) is 23.7 Å². The topological polar surface area (TPSA) is 173 Å². The Kier molecular flexibility index (Phi) is 11.0. The zero-order valence-electron chi connectivity index (χ0n) is 30.5. The van der Waals surface area contributed by atoms with E-state index in [1.807, 2.05) is 42.5 Å². The summed E-state index contributed by atoms with van der Waals surface area (Å²) in [4.78, 5) is 61.3. The highest BCUT2D eigenvalue weighted by molar-refractivity contribution is 7.91. The Morgan fingerprint density at radius 3 is 2.53 bits per heavy atom. The lowest BCUT2D eigenvalue weighted by Gasteiger charge is -2.35. The number of amides is 4. The minimum Gasteiger partial charge on any atom is -0.472 e. The van der Waals surface area contributed by atoms with Crippen LogP contribution in [0.2, 0.25) is 0 Å². The molecule has 13 nitrogen and oxygen atoms in total. The first-order valence-corrected chi connectivity index (χ1v) is 19.9. The van der Waals surface area contributed by atoms with Gasteiger partial charge in [-0.05, 0) is 67.6 Å². The maximum absolute atomic E-state index is 14.5. The number of carbonyl (C=O) groups excluding carboxylic acids is 4. The molecule has 1 saturated heterocycles. The van der Waals surface area contributed by atoms with Gasteiger partial charge in [0.25, 0.3) is 5.91 Å². The largest absolute Gasteiger partial charge is 0.472 e. The van der Waals surface area contributed by atoms with Crippen LogP contribution in [0.3, 0.4) is 0 Å². The Morgan fingerprint density at radius 1 is 1.09 bits per heavy atom. The van der Waals surface area contributed by atoms with E-state index in [4.69, 9.17) is 9.47 Å². The fourth-order valence-corrected chi connectivity index (χ4v) is 8.38. The Hall–Kier alpha value is -4.72. The molecule has 3 N–H and O–H groups in total. The van der Waals surface area contributed by atoms with Gasteiger partial charge < -0.3 is 25.0 Å². The van der Waals surface area contributed by atoms with Gasteiger partial charge in [-0.1, -0.05) is 69.3 Å². The number of hydrogen-bond donors (Lipinski definition) is 3. The number of allylic oxidation sites excluding steroid dienone is 1. The summed E-state index contributed by atoms with van der Waals surface area (Å²) < 4.78 is 39.6. The normalized spacial score (nSPS) is 27.4. The number of sulfonamides is 1. The van der Waals surface area contributed by atoms with E-state index in [0.29, 0.717) is 25.1 Å². The second kappa shape index (κ2) is 15.3. The molecule has 2 aliphatic carbocycles. The average molecular weight is 748 g/mol. The Labute approximate surface area is 311 Å². The van der Waals surface area contributed by atoms with Crippen molar-refractivity contribution in [2.75, 3.05) is 13.2 Å². The molecule has 0 unspecified atom stereocenters. The molecule has 0 radical (unpaired) electrons. The third-order valence-electron chi connectivity index (χ3n) is 10.3. The number of hydrogen-bond acceptors (Lipinski definition) is 9. The first-order valence-electron chi connectivity index (χ1n) is 18.4. The maximum Gasteiger partial charge on any atom is 0.407 e. The maximum atomic E-state index is 14.5. The first-order chi connectivity index (χ1) is 25.2. The van der Waals surface area contributed by atoms with Gasteiger partial charge in [0.05, 0.1) is 18.4 Å². The van der Waals surface area contributed by atoms with Crippen molar-refractivity contribution in [2.45, 2.75) is 101 Å². The van der Waals surface area contributed by atoms with Crippen molar-refractivity contribution in [3.8, 4) is 17.0 Å². The van der Waals surface area contributed by atoms with Crippen LogP contribution >= 0.6 is 0 Å². The summed E-state index contributed by atoms with van der Waals surface area (Å²) in [5, 5.41) is 4.91. The highest BCUT2D eigenvalue weighted by atomic mass is 32.2. The van der Waals surface area contributed by atoms with E-state index in [1.54, 1.807) is 27.0 Å². The number of alkyl carbamates (subject to hydrolysis) is 1. The lowest BCUT2D eigenvalue weighted by molar-refractivity contribution is -0.142. The number of nitrogens with zero attached hydrogens (tertiary/aromatic N) is 2. The number of pyridine rings is 1. The molecule has 2 saturated carbocycles. The molecule has 53 heavy (non-hydrogen) atoms. The zero-order valence-corrected chi connectivity index (χ0v) is 31.3. The molecule has 2 bridgehead atoms. The fraction of sp³-hybridized carbons (Fsp3) is 0.513. The fourth-order valence-electron chi connectivity index (χ4n) is 7.01. The van der Waals surface area contributed by atoms with E-state index in [0.717, 1.165) is 36.0 Å². The SMILES string of the molecule is C=C[C@@H]1C[C@]1(NC(=O)[C@@H]1C[C@@H]2CN1C(=O)[C@H](C(C)(C)C)NC(=O)OCCCCC/C=C/c1c(-c3ccccc3)ccnc1O2)C(=O)NS(=O)(=O)C1CC1. The van der Waals surface area contributed by atoms with Gasteiger partial charge in [0.2, 0.25) is 27.7 Å². The summed E-state index contributed by atoms with van der Waals surface area (Å²) in [5.74, 6) is -2.19. The number of nitrogens with one attached hydrogen (secondary N) is 3. The molecule has 4 aliphatic rings. The second-order valence-electron chi connectivity index (χ2n) is 15.4. The van der Waals surface area contributed by atoms with E-state index in [2.05, 4.69) is 33.0 Å². The Balaban J connectivity index is 1.34. The van der Waals surface area contributed by atoms with E-state index in [1.165, 1.54) is 11.0 Å². The molecule has 1 aromatic carbocycles. The average Bonchev–Trinajstić information content (AvgIpc) is 4.05. The van der Waals surface area contributed by atoms with Crippen LogP contribution < -0.4 is 20.1 Å². The molecule has 2 aromatic rings. The number of carbonyl (C=O) groups is 4. The summed E-state index contributed by atoms with van der Waals surface area (Å²) in [6.45, 7) is 9.35. The van der Waals surface area contributed by atoms with E-state index in [9.17, 15) is 27.6 Å². The van der Waals surface area contributed by atoms with Crippen molar-refractivity contribution >= 4 is 39.9 Å². The van der Waals surface area contributed by atoms with Crippen molar-refractivity contribution in [2.24, 2.45) is 11.3 Å². The molecule has 4 amide bonds. The van der Waals surface area contributed by atoms with Gasteiger partial charge >= 0.3 is 6.09 Å². The minimum atomic E-state index is -3.89. The van der Waals surface area contributed by atoms with Gasteiger partial charge in [-0.3, -0.25) is 19.1 Å². The van der Waals surface area contributed by atoms with Gasteiger partial charge in [0.15, 0.2) is 0 Å². The number of ether oxygens (including phenoxy) is 2. The van der Waals surface area contributed by atoms with Crippen LogP contribution in [0, 0.1) is 11.3 Å². The Bertz CT molecular complexity index is 1870. The van der Waals surface area contributed by atoms with Crippen molar-refractivity contribution in [1.29, 1.82) is 0 Å². The molecular weight excluding hydrogens is 699 g/mol. The van der Waals surface area contributed by atoms with Crippen LogP contribution in [0.15, 0.2) is 61.3 Å².